The molecule has 20 heavy (non-hydrogen) atoms. The minimum atomic E-state index is 0.180. The minimum absolute atomic E-state index is 0.180. The van der Waals surface area contributed by atoms with Gasteiger partial charge >= 0.3 is 0 Å². The summed E-state index contributed by atoms with van der Waals surface area (Å²) < 4.78 is 6.04. The van der Waals surface area contributed by atoms with Gasteiger partial charge in [-0.2, -0.15) is 0 Å². The van der Waals surface area contributed by atoms with Crippen molar-refractivity contribution in [1.29, 1.82) is 0 Å². The normalized spacial score (nSPS) is 12.5. The summed E-state index contributed by atoms with van der Waals surface area (Å²) in [6.45, 7) is 11.8. The number of aromatic nitrogens is 2. The van der Waals surface area contributed by atoms with E-state index in [1.54, 1.807) is 6.33 Å². The Morgan fingerprint density at radius 1 is 1.15 bits per heavy atom. The zero-order chi connectivity index (χ0) is 15.0. The number of nitrogens with one attached hydrogen (secondary N) is 1. The molecule has 0 saturated carbocycles. The van der Waals surface area contributed by atoms with Crippen molar-refractivity contribution in [3.63, 3.8) is 0 Å². The van der Waals surface area contributed by atoms with Gasteiger partial charge in [0.25, 0.3) is 0 Å². The number of ether oxygens (including phenoxy) is 1. The molecule has 0 amide bonds. The van der Waals surface area contributed by atoms with Crippen molar-refractivity contribution in [2.75, 3.05) is 11.9 Å². The lowest BCUT2D eigenvalue weighted by atomic mass is 10.1. The van der Waals surface area contributed by atoms with Crippen molar-refractivity contribution in [3.8, 4) is 5.88 Å². The Hall–Kier alpha value is -1.32. The molecule has 0 radical (unpaired) electrons. The van der Waals surface area contributed by atoms with Crippen LogP contribution in [0.5, 0.6) is 5.88 Å². The molecule has 0 saturated heterocycles. The van der Waals surface area contributed by atoms with Crippen LogP contribution in [0.4, 0.5) is 5.82 Å². The van der Waals surface area contributed by atoms with E-state index in [4.69, 9.17) is 4.74 Å². The van der Waals surface area contributed by atoms with E-state index in [9.17, 15) is 0 Å². The Labute approximate surface area is 123 Å². The zero-order valence-electron chi connectivity index (χ0n) is 13.6. The maximum Gasteiger partial charge on any atom is 0.222 e. The second kappa shape index (κ2) is 8.77. The molecule has 1 aromatic heterocycles. The second-order valence-corrected chi connectivity index (χ2v) is 5.74. The fourth-order valence-corrected chi connectivity index (χ4v) is 2.27. The van der Waals surface area contributed by atoms with Crippen LogP contribution in [-0.4, -0.2) is 22.6 Å². The van der Waals surface area contributed by atoms with Crippen molar-refractivity contribution < 1.29 is 4.74 Å². The summed E-state index contributed by atoms with van der Waals surface area (Å²) in [5.74, 6) is 2.29. The molecule has 0 aliphatic carbocycles. The van der Waals surface area contributed by atoms with Crippen LogP contribution in [-0.2, 0) is 6.42 Å². The second-order valence-electron chi connectivity index (χ2n) is 5.74. The molecule has 0 fully saturated rings. The quantitative estimate of drug-likeness (QED) is 0.740. The van der Waals surface area contributed by atoms with Crippen LogP contribution >= 0.6 is 0 Å². The highest BCUT2D eigenvalue weighted by Crippen LogP contribution is 2.25. The first kappa shape index (κ1) is 16.7. The minimum Gasteiger partial charge on any atom is -0.474 e. The van der Waals surface area contributed by atoms with E-state index in [-0.39, 0.29) is 6.10 Å². The average molecular weight is 279 g/mol. The molecule has 1 rings (SSSR count). The molecule has 4 nitrogen and oxygen atoms in total. The van der Waals surface area contributed by atoms with Gasteiger partial charge < -0.3 is 10.1 Å². The Morgan fingerprint density at radius 3 is 2.50 bits per heavy atom. The molecule has 1 N–H and O–H groups in total. The van der Waals surface area contributed by atoms with E-state index >= 15 is 0 Å². The fraction of sp³-hybridized carbons (Fsp3) is 0.750. The molecular formula is C16H29N3O. The van der Waals surface area contributed by atoms with E-state index in [1.807, 2.05) is 0 Å². The first-order valence-corrected chi connectivity index (χ1v) is 7.82. The van der Waals surface area contributed by atoms with Gasteiger partial charge in [-0.25, -0.2) is 9.97 Å². The van der Waals surface area contributed by atoms with Crippen molar-refractivity contribution in [2.45, 2.75) is 66.4 Å². The van der Waals surface area contributed by atoms with Gasteiger partial charge in [-0.05, 0) is 32.1 Å². The number of hydrogen-bond donors (Lipinski definition) is 1. The number of rotatable bonds is 9. The highest BCUT2D eigenvalue weighted by molar-refractivity contribution is 5.48. The largest absolute Gasteiger partial charge is 0.474 e. The highest BCUT2D eigenvalue weighted by atomic mass is 16.5. The molecule has 114 valence electrons. The SMILES string of the molecule is CCCNc1ncnc(OC(C)CC(C)C)c1CCC. The lowest BCUT2D eigenvalue weighted by Crippen LogP contribution is -2.17. The van der Waals surface area contributed by atoms with E-state index in [0.29, 0.717) is 5.92 Å². The van der Waals surface area contributed by atoms with Crippen LogP contribution in [0.25, 0.3) is 0 Å². The molecular weight excluding hydrogens is 250 g/mol. The molecule has 0 aliphatic heterocycles. The smallest absolute Gasteiger partial charge is 0.222 e. The van der Waals surface area contributed by atoms with Gasteiger partial charge in [0.1, 0.15) is 12.1 Å². The van der Waals surface area contributed by atoms with E-state index < -0.39 is 0 Å². The highest BCUT2D eigenvalue weighted by Gasteiger charge is 2.15. The summed E-state index contributed by atoms with van der Waals surface area (Å²) in [7, 11) is 0. The number of anilines is 1. The average Bonchev–Trinajstić information content (AvgIpc) is 2.38. The van der Waals surface area contributed by atoms with Gasteiger partial charge in [0, 0.05) is 6.54 Å². The van der Waals surface area contributed by atoms with Crippen LogP contribution in [0.1, 0.15) is 59.4 Å². The zero-order valence-corrected chi connectivity index (χ0v) is 13.6. The van der Waals surface area contributed by atoms with E-state index in [0.717, 1.165) is 49.5 Å². The third-order valence-electron chi connectivity index (χ3n) is 3.06. The van der Waals surface area contributed by atoms with Crippen LogP contribution in [0.2, 0.25) is 0 Å². The van der Waals surface area contributed by atoms with Crippen molar-refractivity contribution in [3.05, 3.63) is 11.9 Å². The first-order valence-electron chi connectivity index (χ1n) is 7.82. The van der Waals surface area contributed by atoms with Crippen LogP contribution in [0.15, 0.2) is 6.33 Å². The van der Waals surface area contributed by atoms with Crippen molar-refractivity contribution in [2.24, 2.45) is 5.92 Å². The van der Waals surface area contributed by atoms with Gasteiger partial charge in [0.05, 0.1) is 11.7 Å². The third-order valence-corrected chi connectivity index (χ3v) is 3.06. The summed E-state index contributed by atoms with van der Waals surface area (Å²) in [5.41, 5.74) is 1.11. The lowest BCUT2D eigenvalue weighted by Gasteiger charge is -2.19. The first-order chi connectivity index (χ1) is 9.58. The predicted molar refractivity (Wildman–Crippen MR) is 84.4 cm³/mol. The third kappa shape index (κ3) is 5.35. The monoisotopic (exact) mass is 279 g/mol. The molecule has 0 bridgehead atoms. The summed E-state index contributed by atoms with van der Waals surface area (Å²) in [5, 5.41) is 3.37. The van der Waals surface area contributed by atoms with Crippen molar-refractivity contribution >= 4 is 5.82 Å². The maximum atomic E-state index is 6.04. The summed E-state index contributed by atoms with van der Waals surface area (Å²) in [6, 6.07) is 0. The Kier molecular flexibility index (Phi) is 7.34. The van der Waals surface area contributed by atoms with E-state index in [2.05, 4.69) is 49.9 Å². The number of nitrogens with zero attached hydrogens (tertiary/aromatic N) is 2. The van der Waals surface area contributed by atoms with Crippen LogP contribution in [0.3, 0.4) is 0 Å². The van der Waals surface area contributed by atoms with Crippen LogP contribution < -0.4 is 10.1 Å². The van der Waals surface area contributed by atoms with Crippen LogP contribution in [0, 0.1) is 5.92 Å². The molecule has 1 atom stereocenters. The molecule has 0 spiro atoms. The predicted octanol–water partition coefficient (Wildman–Crippen LogP) is 4.06. The molecule has 1 aromatic rings. The Morgan fingerprint density at radius 2 is 1.90 bits per heavy atom. The fourth-order valence-electron chi connectivity index (χ4n) is 2.27. The van der Waals surface area contributed by atoms with Gasteiger partial charge in [-0.15, -0.1) is 0 Å². The van der Waals surface area contributed by atoms with Gasteiger partial charge in [-0.1, -0.05) is 34.1 Å². The van der Waals surface area contributed by atoms with Gasteiger partial charge in [-0.3, -0.25) is 0 Å². The van der Waals surface area contributed by atoms with Gasteiger partial charge in [0.15, 0.2) is 0 Å². The molecule has 1 heterocycles. The molecule has 4 heteroatoms. The standard InChI is InChI=1S/C16H29N3O/c1-6-8-14-15(17-9-7-2)18-11-19-16(14)20-13(5)10-12(3)4/h11-13H,6-10H2,1-5H3,(H,17,18,19). The Bertz CT molecular complexity index is 393. The van der Waals surface area contributed by atoms with Gasteiger partial charge in [0.2, 0.25) is 5.88 Å². The summed E-state index contributed by atoms with van der Waals surface area (Å²) in [6.07, 6.45) is 5.89. The number of hydrogen-bond acceptors (Lipinski definition) is 4. The lowest BCUT2D eigenvalue weighted by molar-refractivity contribution is 0.183. The summed E-state index contributed by atoms with van der Waals surface area (Å²) >= 11 is 0. The molecule has 1 unspecified atom stereocenters. The van der Waals surface area contributed by atoms with Crippen molar-refractivity contribution in [1.82, 2.24) is 9.97 Å². The molecule has 0 aliphatic rings. The Balaban J connectivity index is 2.87. The topological polar surface area (TPSA) is 47.0 Å². The van der Waals surface area contributed by atoms with E-state index in [1.165, 1.54) is 0 Å². The maximum absolute atomic E-state index is 6.04. The summed E-state index contributed by atoms with van der Waals surface area (Å²) in [4.78, 5) is 8.70. The molecule has 0 aromatic carbocycles.